The van der Waals surface area contributed by atoms with E-state index >= 15 is 0 Å². The molecule has 1 saturated heterocycles. The van der Waals surface area contributed by atoms with Crippen LogP contribution >= 0.6 is 0 Å². The van der Waals surface area contributed by atoms with Gasteiger partial charge in [0.15, 0.2) is 9.84 Å². The average Bonchev–Trinajstić information content (AvgIpc) is 2.65. The van der Waals surface area contributed by atoms with E-state index in [0.717, 1.165) is 12.1 Å². The van der Waals surface area contributed by atoms with Crippen molar-refractivity contribution in [3.8, 4) is 0 Å². The highest BCUT2D eigenvalue weighted by Crippen LogP contribution is 2.50. The number of carbonyl (C=O) groups excluding carboxylic acids is 1. The quantitative estimate of drug-likeness (QED) is 0.598. The van der Waals surface area contributed by atoms with Gasteiger partial charge in [0.2, 0.25) is 5.91 Å². The van der Waals surface area contributed by atoms with E-state index in [1.54, 1.807) is 0 Å². The first-order chi connectivity index (χ1) is 15.2. The van der Waals surface area contributed by atoms with Crippen LogP contribution in [-0.4, -0.2) is 50.2 Å². The van der Waals surface area contributed by atoms with Crippen molar-refractivity contribution in [3.63, 3.8) is 0 Å². The smallest absolute Gasteiger partial charge is 0.379 e. The Kier molecular flexibility index (Phi) is 6.52. The van der Waals surface area contributed by atoms with Gasteiger partial charge in [0.25, 0.3) is 5.60 Å². The van der Waals surface area contributed by atoms with E-state index in [-0.39, 0.29) is 30.2 Å². The molecule has 2 aromatic rings. The molecule has 0 atom stereocenters. The lowest BCUT2D eigenvalue weighted by molar-refractivity contribution is -0.376. The molecule has 0 bridgehead atoms. The predicted molar refractivity (Wildman–Crippen MR) is 103 cm³/mol. The van der Waals surface area contributed by atoms with Crippen molar-refractivity contribution < 1.29 is 49.4 Å². The first kappa shape index (κ1) is 25.0. The largest absolute Gasteiger partial charge is 0.430 e. The number of hydrogen-bond acceptors (Lipinski definition) is 5. The van der Waals surface area contributed by atoms with Crippen molar-refractivity contribution >= 4 is 21.4 Å². The number of alkyl halides is 6. The molecule has 13 heteroatoms. The number of nitrogens with one attached hydrogen (secondary N) is 1. The summed E-state index contributed by atoms with van der Waals surface area (Å²) in [5, 5.41) is 11.1. The van der Waals surface area contributed by atoms with Gasteiger partial charge in [-0.2, -0.15) is 26.3 Å². The van der Waals surface area contributed by atoms with Crippen LogP contribution in [0.1, 0.15) is 11.1 Å². The molecule has 180 valence electrons. The van der Waals surface area contributed by atoms with E-state index in [9.17, 15) is 44.7 Å². The molecule has 1 heterocycles. The molecule has 1 aliphatic rings. The average molecular weight is 497 g/mol. The summed E-state index contributed by atoms with van der Waals surface area (Å²) >= 11 is 0. The van der Waals surface area contributed by atoms with Gasteiger partial charge in [-0.3, -0.25) is 4.79 Å². The van der Waals surface area contributed by atoms with E-state index in [1.807, 2.05) is 0 Å². The Morgan fingerprint density at radius 1 is 0.939 bits per heavy atom. The molecule has 1 fully saturated rings. The SMILES string of the molecule is O=C(Cc1ccc(S(=O)(=O)C2COC2)cc1)Nc1ccc(C(O)(C(F)(F)F)C(F)(F)F)cc1. The third-order valence-electron chi connectivity index (χ3n) is 5.07. The number of aliphatic hydroxyl groups is 1. The number of hydrogen-bond donors (Lipinski definition) is 2. The monoisotopic (exact) mass is 497 g/mol. The Hall–Kier alpha value is -2.64. The molecular formula is C20H17F6NO5S. The Morgan fingerprint density at radius 3 is 1.88 bits per heavy atom. The van der Waals surface area contributed by atoms with E-state index in [0.29, 0.717) is 17.7 Å². The number of ether oxygens (including phenoxy) is 1. The van der Waals surface area contributed by atoms with Crippen LogP contribution in [0.4, 0.5) is 32.0 Å². The van der Waals surface area contributed by atoms with Crippen molar-refractivity contribution in [3.05, 3.63) is 59.7 Å². The molecule has 33 heavy (non-hydrogen) atoms. The van der Waals surface area contributed by atoms with Crippen LogP contribution in [0.2, 0.25) is 0 Å². The van der Waals surface area contributed by atoms with Gasteiger partial charge in [0, 0.05) is 11.3 Å². The summed E-state index contributed by atoms with van der Waals surface area (Å²) in [5.74, 6) is -0.646. The maximum Gasteiger partial charge on any atom is 0.430 e. The fourth-order valence-electron chi connectivity index (χ4n) is 3.06. The molecule has 0 spiro atoms. The molecule has 1 amide bonds. The van der Waals surface area contributed by atoms with Gasteiger partial charge in [0.1, 0.15) is 5.25 Å². The van der Waals surface area contributed by atoms with Crippen molar-refractivity contribution in [2.75, 3.05) is 18.5 Å². The van der Waals surface area contributed by atoms with Gasteiger partial charge in [-0.25, -0.2) is 8.42 Å². The maximum atomic E-state index is 12.9. The van der Waals surface area contributed by atoms with Crippen LogP contribution < -0.4 is 5.32 Å². The summed E-state index contributed by atoms with van der Waals surface area (Å²) in [4.78, 5) is 12.2. The van der Waals surface area contributed by atoms with E-state index in [4.69, 9.17) is 4.74 Å². The van der Waals surface area contributed by atoms with Crippen molar-refractivity contribution in [1.29, 1.82) is 0 Å². The molecule has 2 aromatic carbocycles. The summed E-state index contributed by atoms with van der Waals surface area (Å²) < 4.78 is 107. The molecule has 0 radical (unpaired) electrons. The first-order valence-corrected chi connectivity index (χ1v) is 10.9. The zero-order chi connectivity index (χ0) is 24.7. The highest BCUT2D eigenvalue weighted by Gasteiger charge is 2.71. The lowest BCUT2D eigenvalue weighted by atomic mass is 9.92. The summed E-state index contributed by atoms with van der Waals surface area (Å²) in [5.41, 5.74) is -6.18. The minimum absolute atomic E-state index is 0.0670. The maximum absolute atomic E-state index is 12.9. The van der Waals surface area contributed by atoms with Crippen LogP contribution in [0.3, 0.4) is 0 Å². The number of anilines is 1. The molecule has 0 aliphatic carbocycles. The number of sulfone groups is 1. The predicted octanol–water partition coefficient (Wildman–Crippen LogP) is 3.35. The Balaban J connectivity index is 1.68. The number of amides is 1. The van der Waals surface area contributed by atoms with E-state index in [2.05, 4.69) is 5.32 Å². The molecule has 0 aromatic heterocycles. The highest BCUT2D eigenvalue weighted by molar-refractivity contribution is 7.92. The lowest BCUT2D eigenvalue weighted by Crippen LogP contribution is -2.53. The Labute approximate surface area is 184 Å². The molecule has 6 nitrogen and oxygen atoms in total. The molecule has 2 N–H and O–H groups in total. The van der Waals surface area contributed by atoms with Crippen LogP contribution in [0.5, 0.6) is 0 Å². The van der Waals surface area contributed by atoms with Gasteiger partial charge in [-0.1, -0.05) is 24.3 Å². The molecule has 0 saturated carbocycles. The second-order valence-electron chi connectivity index (χ2n) is 7.36. The standard InChI is InChI=1S/C20H17F6NO5S/c21-19(22,23)18(29,20(24,25)26)13-3-5-14(6-4-13)27-17(28)9-12-1-7-15(8-2-12)33(30,31)16-10-32-11-16/h1-8,16,29H,9-11H2,(H,27,28). The van der Waals surface area contributed by atoms with E-state index in [1.165, 1.54) is 24.3 Å². The highest BCUT2D eigenvalue weighted by atomic mass is 32.2. The van der Waals surface area contributed by atoms with Gasteiger partial charge in [-0.05, 0) is 29.8 Å². The topological polar surface area (TPSA) is 92.7 Å². The van der Waals surface area contributed by atoms with Crippen LogP contribution in [0, 0.1) is 0 Å². The normalized spacial score (nSPS) is 15.7. The molecular weight excluding hydrogens is 480 g/mol. The second-order valence-corrected chi connectivity index (χ2v) is 9.58. The minimum Gasteiger partial charge on any atom is -0.379 e. The zero-order valence-corrected chi connectivity index (χ0v) is 17.4. The third kappa shape index (κ3) is 4.84. The number of rotatable bonds is 6. The molecule has 0 unspecified atom stereocenters. The zero-order valence-electron chi connectivity index (χ0n) is 16.6. The van der Waals surface area contributed by atoms with Gasteiger partial charge in [0.05, 0.1) is 24.5 Å². The fourth-order valence-corrected chi connectivity index (χ4v) is 4.51. The Bertz CT molecular complexity index is 1090. The molecule has 1 aliphatic heterocycles. The lowest BCUT2D eigenvalue weighted by Gasteiger charge is -2.32. The van der Waals surface area contributed by atoms with Gasteiger partial charge >= 0.3 is 12.4 Å². The summed E-state index contributed by atoms with van der Waals surface area (Å²) in [6.45, 7) is 0.212. The van der Waals surface area contributed by atoms with Crippen molar-refractivity contribution in [2.45, 2.75) is 34.5 Å². The second kappa shape index (κ2) is 8.61. The summed E-state index contributed by atoms with van der Waals surface area (Å²) in [6, 6.07) is 7.93. The summed E-state index contributed by atoms with van der Waals surface area (Å²) in [7, 11) is -3.54. The van der Waals surface area contributed by atoms with Crippen molar-refractivity contribution in [1.82, 2.24) is 0 Å². The number of halogens is 6. The Morgan fingerprint density at radius 2 is 1.45 bits per heavy atom. The number of benzene rings is 2. The van der Waals surface area contributed by atoms with Crippen molar-refractivity contribution in [2.24, 2.45) is 0 Å². The van der Waals surface area contributed by atoms with Gasteiger partial charge in [-0.15, -0.1) is 0 Å². The summed E-state index contributed by atoms with van der Waals surface area (Å²) in [6.07, 6.45) is -12.3. The van der Waals surface area contributed by atoms with Crippen LogP contribution in [0.15, 0.2) is 53.4 Å². The third-order valence-corrected chi connectivity index (χ3v) is 7.15. The minimum atomic E-state index is -6.01. The van der Waals surface area contributed by atoms with Crippen LogP contribution in [0.25, 0.3) is 0 Å². The fraction of sp³-hybridized carbons (Fsp3) is 0.350. The van der Waals surface area contributed by atoms with E-state index < -0.39 is 44.5 Å². The van der Waals surface area contributed by atoms with Gasteiger partial charge < -0.3 is 15.2 Å². The molecule has 3 rings (SSSR count). The first-order valence-electron chi connectivity index (χ1n) is 9.33. The number of carbonyl (C=O) groups is 1. The van der Waals surface area contributed by atoms with Crippen LogP contribution in [-0.2, 0) is 31.4 Å².